The first-order valence-corrected chi connectivity index (χ1v) is 13.5. The fourth-order valence-electron chi connectivity index (χ4n) is 5.09. The van der Waals surface area contributed by atoms with Crippen molar-refractivity contribution in [1.29, 1.82) is 0 Å². The van der Waals surface area contributed by atoms with Gasteiger partial charge in [-0.1, -0.05) is 58.7 Å². The van der Waals surface area contributed by atoms with Crippen LogP contribution < -0.4 is 4.74 Å². The van der Waals surface area contributed by atoms with E-state index in [1.165, 1.54) is 22.4 Å². The van der Waals surface area contributed by atoms with Crippen LogP contribution in [-0.2, 0) is 24.1 Å². The lowest BCUT2D eigenvalue weighted by Crippen LogP contribution is -2.41. The van der Waals surface area contributed by atoms with Gasteiger partial charge >= 0.3 is 5.97 Å². The zero-order chi connectivity index (χ0) is 22.9. The molecule has 4 heteroatoms. The number of benzene rings is 1. The standard InChI is InChI=1S/C28H41NO2S/c1-5-16-29(17-15-25-11-9-18-32-25)24-13-14-26-23(19-24)10-8-12-27(26)31-28(30)20-22(7-3)21(4)6-2/h8-12,18,21-22,24H,5-7,13-17,19-20H2,1-4H3. The van der Waals surface area contributed by atoms with Crippen LogP contribution in [0.4, 0.5) is 0 Å². The van der Waals surface area contributed by atoms with Gasteiger partial charge < -0.3 is 4.74 Å². The zero-order valence-corrected chi connectivity index (χ0v) is 21.3. The molecular formula is C28H41NO2S. The Morgan fingerprint density at radius 3 is 2.69 bits per heavy atom. The number of thiophene rings is 1. The zero-order valence-electron chi connectivity index (χ0n) is 20.4. The Morgan fingerprint density at radius 1 is 1.16 bits per heavy atom. The normalized spacial score (nSPS) is 17.7. The van der Waals surface area contributed by atoms with Crippen LogP contribution in [0.25, 0.3) is 0 Å². The van der Waals surface area contributed by atoms with Crippen molar-refractivity contribution in [3.63, 3.8) is 0 Å². The fourth-order valence-corrected chi connectivity index (χ4v) is 5.79. The molecule has 0 aliphatic heterocycles. The molecule has 32 heavy (non-hydrogen) atoms. The van der Waals surface area contributed by atoms with Crippen molar-refractivity contribution in [2.75, 3.05) is 13.1 Å². The van der Waals surface area contributed by atoms with Crippen molar-refractivity contribution in [2.45, 2.75) is 85.1 Å². The number of nitrogens with zero attached hydrogens (tertiary/aromatic N) is 1. The molecule has 3 atom stereocenters. The van der Waals surface area contributed by atoms with E-state index in [1.54, 1.807) is 0 Å². The summed E-state index contributed by atoms with van der Waals surface area (Å²) in [5.74, 6) is 1.68. The number of hydrogen-bond acceptors (Lipinski definition) is 4. The van der Waals surface area contributed by atoms with E-state index in [4.69, 9.17) is 4.74 Å². The molecule has 0 bridgehead atoms. The summed E-state index contributed by atoms with van der Waals surface area (Å²) in [4.78, 5) is 16.9. The summed E-state index contributed by atoms with van der Waals surface area (Å²) >= 11 is 1.86. The predicted octanol–water partition coefficient (Wildman–Crippen LogP) is 6.93. The molecule has 3 rings (SSSR count). The minimum atomic E-state index is -0.0729. The lowest BCUT2D eigenvalue weighted by molar-refractivity contribution is -0.136. The number of carbonyl (C=O) groups is 1. The van der Waals surface area contributed by atoms with Gasteiger partial charge in [-0.2, -0.15) is 0 Å². The molecule has 0 N–H and O–H groups in total. The van der Waals surface area contributed by atoms with Crippen LogP contribution in [0.2, 0.25) is 0 Å². The van der Waals surface area contributed by atoms with Crippen LogP contribution in [0.15, 0.2) is 35.7 Å². The molecule has 0 spiro atoms. The lowest BCUT2D eigenvalue weighted by atomic mass is 9.86. The molecule has 2 aromatic rings. The maximum atomic E-state index is 12.7. The van der Waals surface area contributed by atoms with Crippen LogP contribution in [-0.4, -0.2) is 30.0 Å². The molecule has 1 aromatic heterocycles. The van der Waals surface area contributed by atoms with Crippen LogP contribution >= 0.6 is 11.3 Å². The molecule has 0 radical (unpaired) electrons. The maximum absolute atomic E-state index is 12.7. The highest BCUT2D eigenvalue weighted by Crippen LogP contribution is 2.33. The number of ether oxygens (including phenoxy) is 1. The van der Waals surface area contributed by atoms with Gasteiger partial charge in [0.05, 0.1) is 0 Å². The van der Waals surface area contributed by atoms with Gasteiger partial charge in [-0.05, 0) is 79.1 Å². The number of carbonyl (C=O) groups excluding carboxylic acids is 1. The first-order valence-electron chi connectivity index (χ1n) is 12.6. The van der Waals surface area contributed by atoms with E-state index in [9.17, 15) is 4.79 Å². The average Bonchev–Trinajstić information content (AvgIpc) is 3.33. The summed E-state index contributed by atoms with van der Waals surface area (Å²) in [6.45, 7) is 11.2. The summed E-state index contributed by atoms with van der Waals surface area (Å²) in [5.41, 5.74) is 2.61. The van der Waals surface area contributed by atoms with E-state index in [-0.39, 0.29) is 5.97 Å². The predicted molar refractivity (Wildman–Crippen MR) is 136 cm³/mol. The van der Waals surface area contributed by atoms with Crippen molar-refractivity contribution >= 4 is 17.3 Å². The highest BCUT2D eigenvalue weighted by Gasteiger charge is 2.27. The molecule has 0 fully saturated rings. The first-order chi connectivity index (χ1) is 15.5. The molecular weight excluding hydrogens is 414 g/mol. The SMILES string of the molecule is CCCN(CCc1cccs1)C1CCc2c(cccc2OC(=O)CC(CC)C(C)CC)C1. The third kappa shape index (κ3) is 6.68. The van der Waals surface area contributed by atoms with E-state index >= 15 is 0 Å². The Labute approximate surface area is 199 Å². The molecule has 176 valence electrons. The summed E-state index contributed by atoms with van der Waals surface area (Å²) in [6.07, 6.45) is 8.14. The van der Waals surface area contributed by atoms with Gasteiger partial charge in [-0.15, -0.1) is 11.3 Å². The Morgan fingerprint density at radius 2 is 2.00 bits per heavy atom. The van der Waals surface area contributed by atoms with Crippen LogP contribution in [0.5, 0.6) is 5.75 Å². The van der Waals surface area contributed by atoms with E-state index in [0.717, 1.165) is 57.4 Å². The van der Waals surface area contributed by atoms with E-state index in [2.05, 4.69) is 62.2 Å². The molecule has 0 amide bonds. The second-order valence-electron chi connectivity index (χ2n) is 9.39. The molecule has 3 nitrogen and oxygen atoms in total. The largest absolute Gasteiger partial charge is 0.426 e. The van der Waals surface area contributed by atoms with Gasteiger partial charge in [-0.3, -0.25) is 9.69 Å². The minimum absolute atomic E-state index is 0.0729. The third-order valence-corrected chi connectivity index (χ3v) is 8.23. The minimum Gasteiger partial charge on any atom is -0.426 e. The Kier molecular flexibility index (Phi) is 9.80. The second-order valence-corrected chi connectivity index (χ2v) is 10.4. The van der Waals surface area contributed by atoms with Crippen molar-refractivity contribution in [3.05, 3.63) is 51.7 Å². The monoisotopic (exact) mass is 455 g/mol. The first kappa shape index (κ1) is 25.0. The second kappa shape index (κ2) is 12.6. The van der Waals surface area contributed by atoms with Gasteiger partial charge in [0.1, 0.15) is 5.75 Å². The van der Waals surface area contributed by atoms with Crippen LogP contribution in [0, 0.1) is 11.8 Å². The number of hydrogen-bond donors (Lipinski definition) is 0. The highest BCUT2D eigenvalue weighted by atomic mass is 32.1. The number of rotatable bonds is 12. The Hall–Kier alpha value is -1.65. The van der Waals surface area contributed by atoms with Crippen molar-refractivity contribution in [3.8, 4) is 5.75 Å². The van der Waals surface area contributed by atoms with E-state index < -0.39 is 0 Å². The van der Waals surface area contributed by atoms with Crippen LogP contribution in [0.1, 0.15) is 75.8 Å². The van der Waals surface area contributed by atoms with E-state index in [0.29, 0.717) is 24.3 Å². The summed E-state index contributed by atoms with van der Waals surface area (Å²) in [6, 6.07) is 11.2. The quantitative estimate of drug-likeness (QED) is 0.257. The number of esters is 1. The van der Waals surface area contributed by atoms with Gasteiger partial charge in [0, 0.05) is 23.9 Å². The summed E-state index contributed by atoms with van der Waals surface area (Å²) in [7, 11) is 0. The highest BCUT2D eigenvalue weighted by molar-refractivity contribution is 7.09. The van der Waals surface area contributed by atoms with Crippen molar-refractivity contribution < 1.29 is 9.53 Å². The number of fused-ring (bicyclic) bond motifs is 1. The lowest BCUT2D eigenvalue weighted by Gasteiger charge is -2.35. The van der Waals surface area contributed by atoms with Gasteiger partial charge in [0.25, 0.3) is 0 Å². The van der Waals surface area contributed by atoms with Crippen molar-refractivity contribution in [2.24, 2.45) is 11.8 Å². The Bertz CT molecular complexity index is 832. The summed E-state index contributed by atoms with van der Waals surface area (Å²) in [5, 5.41) is 2.17. The van der Waals surface area contributed by atoms with E-state index in [1.807, 2.05) is 17.4 Å². The molecule has 0 saturated heterocycles. The maximum Gasteiger partial charge on any atom is 0.311 e. The van der Waals surface area contributed by atoms with Crippen molar-refractivity contribution in [1.82, 2.24) is 4.90 Å². The average molecular weight is 456 g/mol. The Balaban J connectivity index is 1.64. The fraction of sp³-hybridized carbons (Fsp3) is 0.607. The molecule has 1 aliphatic carbocycles. The van der Waals surface area contributed by atoms with Gasteiger partial charge in [0.2, 0.25) is 0 Å². The third-order valence-electron chi connectivity index (χ3n) is 7.29. The molecule has 1 aliphatic rings. The summed E-state index contributed by atoms with van der Waals surface area (Å²) < 4.78 is 5.93. The molecule has 0 saturated carbocycles. The topological polar surface area (TPSA) is 29.5 Å². The molecule has 1 heterocycles. The molecule has 3 unspecified atom stereocenters. The van der Waals surface area contributed by atoms with Crippen LogP contribution in [0.3, 0.4) is 0 Å². The van der Waals surface area contributed by atoms with Gasteiger partial charge in [0.15, 0.2) is 0 Å². The molecule has 1 aromatic carbocycles. The van der Waals surface area contributed by atoms with Gasteiger partial charge in [-0.25, -0.2) is 0 Å². The smallest absolute Gasteiger partial charge is 0.311 e.